The molecule has 2 N–H and O–H groups in total. The van der Waals surface area contributed by atoms with Gasteiger partial charge in [-0.1, -0.05) is 0 Å². The monoisotopic (exact) mass is 273 g/mol. The van der Waals surface area contributed by atoms with Crippen LogP contribution in [-0.4, -0.2) is 30.0 Å². The van der Waals surface area contributed by atoms with Crippen molar-refractivity contribution in [3.05, 3.63) is 35.9 Å². The molecular formula is C12H12FN7. The number of aryl methyl sites for hydroxylation is 2. The number of rotatable bonds is 2. The number of hydrogen-bond donors (Lipinski definition) is 1. The second-order valence-corrected chi connectivity index (χ2v) is 4.49. The minimum absolute atomic E-state index is 0.261. The van der Waals surface area contributed by atoms with Crippen molar-refractivity contribution < 1.29 is 4.39 Å². The summed E-state index contributed by atoms with van der Waals surface area (Å²) in [7, 11) is 1.78. The highest BCUT2D eigenvalue weighted by Crippen LogP contribution is 2.26. The van der Waals surface area contributed by atoms with Gasteiger partial charge in [0.2, 0.25) is 0 Å². The summed E-state index contributed by atoms with van der Waals surface area (Å²) in [6.45, 7) is 1.65. The molecule has 8 heteroatoms. The first-order chi connectivity index (χ1) is 9.56. The van der Waals surface area contributed by atoms with Crippen LogP contribution in [-0.2, 0) is 7.05 Å². The first-order valence-electron chi connectivity index (χ1n) is 5.89. The Morgan fingerprint density at radius 1 is 1.30 bits per heavy atom. The molecule has 0 aliphatic heterocycles. The Hall–Kier alpha value is -2.77. The van der Waals surface area contributed by atoms with Crippen molar-refractivity contribution in [3.63, 3.8) is 0 Å². The van der Waals surface area contributed by atoms with E-state index < -0.39 is 0 Å². The van der Waals surface area contributed by atoms with Crippen molar-refractivity contribution in [3.8, 4) is 17.1 Å². The summed E-state index contributed by atoms with van der Waals surface area (Å²) >= 11 is 0. The lowest BCUT2D eigenvalue weighted by Crippen LogP contribution is -2.02. The number of aromatic nitrogens is 6. The Balaban J connectivity index is 2.20. The Morgan fingerprint density at radius 2 is 2.10 bits per heavy atom. The van der Waals surface area contributed by atoms with E-state index in [1.54, 1.807) is 37.1 Å². The van der Waals surface area contributed by atoms with Crippen LogP contribution < -0.4 is 5.73 Å². The van der Waals surface area contributed by atoms with Gasteiger partial charge in [0.1, 0.15) is 11.5 Å². The number of tetrazole rings is 1. The zero-order valence-corrected chi connectivity index (χ0v) is 10.9. The van der Waals surface area contributed by atoms with Gasteiger partial charge in [0, 0.05) is 12.7 Å². The molecule has 0 atom stereocenters. The van der Waals surface area contributed by atoms with E-state index >= 15 is 0 Å². The van der Waals surface area contributed by atoms with E-state index in [2.05, 4.69) is 20.6 Å². The molecule has 0 fully saturated rings. The van der Waals surface area contributed by atoms with Gasteiger partial charge < -0.3 is 5.73 Å². The van der Waals surface area contributed by atoms with E-state index in [0.29, 0.717) is 16.9 Å². The van der Waals surface area contributed by atoms with Crippen LogP contribution in [0.5, 0.6) is 0 Å². The fraction of sp³-hybridized carbons (Fsp3) is 0.167. The van der Waals surface area contributed by atoms with Crippen LogP contribution >= 0.6 is 0 Å². The topological polar surface area (TPSA) is 87.4 Å². The average molecular weight is 273 g/mol. The molecule has 0 unspecified atom stereocenters. The number of anilines is 1. The lowest BCUT2D eigenvalue weighted by Gasteiger charge is -2.07. The van der Waals surface area contributed by atoms with Gasteiger partial charge in [0.15, 0.2) is 5.82 Å². The van der Waals surface area contributed by atoms with Crippen molar-refractivity contribution in [1.82, 2.24) is 30.0 Å². The highest BCUT2D eigenvalue weighted by molar-refractivity contribution is 5.64. The highest BCUT2D eigenvalue weighted by Gasteiger charge is 2.17. The maximum Gasteiger partial charge on any atom is 0.190 e. The number of nitrogen functional groups attached to an aromatic ring is 1. The predicted octanol–water partition coefficient (Wildman–Crippen LogP) is 1.09. The SMILES string of the molecule is Cc1cc(N)cc(-c2nnnn2-c2cnn(C)c2)c1F. The summed E-state index contributed by atoms with van der Waals surface area (Å²) in [5.74, 6) is -0.106. The first-order valence-corrected chi connectivity index (χ1v) is 5.89. The fourth-order valence-corrected chi connectivity index (χ4v) is 2.01. The predicted molar refractivity (Wildman–Crippen MR) is 70.5 cm³/mol. The molecule has 1 aromatic carbocycles. The van der Waals surface area contributed by atoms with Crippen LogP contribution in [0.3, 0.4) is 0 Å². The van der Waals surface area contributed by atoms with Gasteiger partial charge in [0.25, 0.3) is 0 Å². The molecule has 3 rings (SSSR count). The molecule has 3 aromatic rings. The molecule has 0 radical (unpaired) electrons. The normalized spacial score (nSPS) is 10.9. The largest absolute Gasteiger partial charge is 0.399 e. The number of halogens is 1. The van der Waals surface area contributed by atoms with Crippen molar-refractivity contribution in [2.75, 3.05) is 5.73 Å². The minimum atomic E-state index is -0.390. The van der Waals surface area contributed by atoms with Crippen LogP contribution in [0.1, 0.15) is 5.56 Å². The molecule has 2 heterocycles. The minimum Gasteiger partial charge on any atom is -0.399 e. The van der Waals surface area contributed by atoms with Crippen molar-refractivity contribution in [1.29, 1.82) is 0 Å². The van der Waals surface area contributed by atoms with Gasteiger partial charge in [-0.05, 0) is 35.0 Å². The van der Waals surface area contributed by atoms with Crippen LogP contribution in [0.2, 0.25) is 0 Å². The number of nitrogens with zero attached hydrogens (tertiary/aromatic N) is 6. The van der Waals surface area contributed by atoms with E-state index in [1.165, 1.54) is 10.7 Å². The van der Waals surface area contributed by atoms with Crippen molar-refractivity contribution in [2.24, 2.45) is 7.05 Å². The molecule has 0 bridgehead atoms. The number of benzene rings is 1. The molecule has 0 aliphatic carbocycles. The summed E-state index contributed by atoms with van der Waals surface area (Å²) in [4.78, 5) is 0. The highest BCUT2D eigenvalue weighted by atomic mass is 19.1. The molecule has 7 nitrogen and oxygen atoms in total. The molecule has 20 heavy (non-hydrogen) atoms. The van der Waals surface area contributed by atoms with E-state index in [-0.39, 0.29) is 17.2 Å². The summed E-state index contributed by atoms with van der Waals surface area (Å²) in [6.07, 6.45) is 3.33. The van der Waals surface area contributed by atoms with Crippen LogP contribution in [0.4, 0.5) is 10.1 Å². The molecule has 0 saturated heterocycles. The third-order valence-electron chi connectivity index (χ3n) is 2.92. The van der Waals surface area contributed by atoms with Gasteiger partial charge >= 0.3 is 0 Å². The number of nitrogens with two attached hydrogens (primary N) is 1. The lowest BCUT2D eigenvalue weighted by molar-refractivity contribution is 0.620. The third-order valence-corrected chi connectivity index (χ3v) is 2.92. The standard InChI is InChI=1S/C12H12FN7/c1-7-3-8(14)4-10(11(7)13)12-16-17-18-20(12)9-5-15-19(2)6-9/h3-6H,14H2,1-2H3. The summed E-state index contributed by atoms with van der Waals surface area (Å²) in [5.41, 5.74) is 7.58. The summed E-state index contributed by atoms with van der Waals surface area (Å²) < 4.78 is 17.3. The van der Waals surface area contributed by atoms with Gasteiger partial charge in [-0.3, -0.25) is 4.68 Å². The van der Waals surface area contributed by atoms with E-state index in [4.69, 9.17) is 5.73 Å². The smallest absolute Gasteiger partial charge is 0.190 e. The Morgan fingerprint density at radius 3 is 2.80 bits per heavy atom. The fourth-order valence-electron chi connectivity index (χ4n) is 2.01. The number of hydrogen-bond acceptors (Lipinski definition) is 5. The van der Waals surface area contributed by atoms with Crippen LogP contribution in [0.25, 0.3) is 17.1 Å². The zero-order valence-electron chi connectivity index (χ0n) is 10.9. The van der Waals surface area contributed by atoms with E-state index in [9.17, 15) is 4.39 Å². The lowest BCUT2D eigenvalue weighted by atomic mass is 10.1. The molecular weight excluding hydrogens is 261 g/mol. The third kappa shape index (κ3) is 1.91. The average Bonchev–Trinajstić information content (AvgIpc) is 3.01. The zero-order chi connectivity index (χ0) is 14.3. The Bertz CT molecular complexity index is 774. The second-order valence-electron chi connectivity index (χ2n) is 4.49. The summed E-state index contributed by atoms with van der Waals surface area (Å²) in [5, 5.41) is 15.4. The van der Waals surface area contributed by atoms with E-state index in [0.717, 1.165) is 0 Å². The van der Waals surface area contributed by atoms with Gasteiger partial charge in [-0.2, -0.15) is 9.78 Å². The molecule has 0 saturated carbocycles. The maximum absolute atomic E-state index is 14.3. The second kappa shape index (κ2) is 4.41. The van der Waals surface area contributed by atoms with Crippen LogP contribution in [0, 0.1) is 12.7 Å². The molecule has 0 aliphatic rings. The Kier molecular flexibility index (Phi) is 2.70. The van der Waals surface area contributed by atoms with E-state index in [1.807, 2.05) is 0 Å². The van der Waals surface area contributed by atoms with Gasteiger partial charge in [-0.25, -0.2) is 4.39 Å². The Labute approximate surface area is 113 Å². The van der Waals surface area contributed by atoms with Crippen LogP contribution in [0.15, 0.2) is 24.5 Å². The van der Waals surface area contributed by atoms with Crippen molar-refractivity contribution in [2.45, 2.75) is 6.92 Å². The van der Waals surface area contributed by atoms with Crippen molar-refractivity contribution >= 4 is 5.69 Å². The molecule has 2 aromatic heterocycles. The molecule has 0 amide bonds. The first kappa shape index (κ1) is 12.3. The quantitative estimate of drug-likeness (QED) is 0.706. The molecule has 102 valence electrons. The summed E-state index contributed by atoms with van der Waals surface area (Å²) in [6, 6.07) is 3.08. The van der Waals surface area contributed by atoms with Gasteiger partial charge in [0.05, 0.1) is 18.0 Å². The van der Waals surface area contributed by atoms with Gasteiger partial charge in [-0.15, -0.1) is 5.10 Å². The molecule has 0 spiro atoms. The maximum atomic E-state index is 14.3.